The van der Waals surface area contributed by atoms with Gasteiger partial charge in [0.1, 0.15) is 11.9 Å². The van der Waals surface area contributed by atoms with Crippen molar-refractivity contribution in [1.82, 2.24) is 24.7 Å². The fraction of sp³-hybridized carbons (Fsp3) is 0.263. The molecule has 27 heavy (non-hydrogen) atoms. The number of nitrogens with zero attached hydrogens (tertiary/aromatic N) is 7. The van der Waals surface area contributed by atoms with E-state index >= 15 is 0 Å². The zero-order chi connectivity index (χ0) is 18.6. The lowest BCUT2D eigenvalue weighted by atomic mass is 10.2. The predicted molar refractivity (Wildman–Crippen MR) is 98.8 cm³/mol. The number of pyridine rings is 1. The summed E-state index contributed by atoms with van der Waals surface area (Å²) in [5.41, 5.74) is 1.73. The summed E-state index contributed by atoms with van der Waals surface area (Å²) in [5.74, 6) is 0.716. The van der Waals surface area contributed by atoms with Gasteiger partial charge in [-0.2, -0.15) is 10.4 Å². The average Bonchev–Trinajstić information content (AvgIpc) is 3.18. The normalized spacial score (nSPS) is 16.3. The van der Waals surface area contributed by atoms with E-state index in [2.05, 4.69) is 25.0 Å². The minimum atomic E-state index is -0.139. The third-order valence-electron chi connectivity index (χ3n) is 4.63. The van der Waals surface area contributed by atoms with Crippen LogP contribution in [0.2, 0.25) is 0 Å². The van der Waals surface area contributed by atoms with Crippen LogP contribution < -0.4 is 10.5 Å². The maximum atomic E-state index is 12.3. The molecule has 1 aliphatic rings. The van der Waals surface area contributed by atoms with E-state index in [1.807, 2.05) is 18.2 Å². The summed E-state index contributed by atoms with van der Waals surface area (Å²) in [6.45, 7) is 1.30. The van der Waals surface area contributed by atoms with Crippen LogP contribution in [0.5, 0.6) is 0 Å². The second-order valence-corrected chi connectivity index (χ2v) is 6.34. The Labute approximate surface area is 155 Å². The van der Waals surface area contributed by atoms with Crippen LogP contribution in [0.1, 0.15) is 18.5 Å². The SMILES string of the molecule is N#Cc1cnc(N2CCCC2Cn2nc(-c3cccnc3)ccc2=O)cn1. The van der Waals surface area contributed by atoms with Gasteiger partial charge in [-0.15, -0.1) is 0 Å². The highest BCUT2D eigenvalue weighted by atomic mass is 16.1. The maximum Gasteiger partial charge on any atom is 0.266 e. The summed E-state index contributed by atoms with van der Waals surface area (Å²) in [4.78, 5) is 27.0. The summed E-state index contributed by atoms with van der Waals surface area (Å²) < 4.78 is 1.50. The van der Waals surface area contributed by atoms with Crippen molar-refractivity contribution in [3.8, 4) is 17.3 Å². The second-order valence-electron chi connectivity index (χ2n) is 6.34. The molecule has 4 heterocycles. The van der Waals surface area contributed by atoms with Crippen LogP contribution in [-0.4, -0.2) is 37.3 Å². The highest BCUT2D eigenvalue weighted by molar-refractivity contribution is 5.56. The standard InChI is InChI=1S/C19H17N7O/c20-9-15-11-23-18(12-22-15)25-8-2-4-16(25)13-26-19(27)6-5-17(24-26)14-3-1-7-21-10-14/h1,3,5-7,10-12,16H,2,4,8,13H2. The lowest BCUT2D eigenvalue weighted by Crippen LogP contribution is -2.37. The molecule has 1 unspecified atom stereocenters. The second kappa shape index (κ2) is 7.33. The van der Waals surface area contributed by atoms with Crippen LogP contribution >= 0.6 is 0 Å². The molecule has 4 rings (SSSR count). The third-order valence-corrected chi connectivity index (χ3v) is 4.63. The fourth-order valence-corrected chi connectivity index (χ4v) is 3.30. The quantitative estimate of drug-likeness (QED) is 0.698. The van der Waals surface area contributed by atoms with Crippen molar-refractivity contribution in [1.29, 1.82) is 5.26 Å². The first-order valence-corrected chi connectivity index (χ1v) is 8.72. The van der Waals surface area contributed by atoms with Gasteiger partial charge in [0.2, 0.25) is 0 Å². The van der Waals surface area contributed by atoms with Crippen LogP contribution in [0.15, 0.2) is 53.8 Å². The monoisotopic (exact) mass is 359 g/mol. The van der Waals surface area contributed by atoms with E-state index in [0.29, 0.717) is 18.1 Å². The van der Waals surface area contributed by atoms with Crippen molar-refractivity contribution < 1.29 is 0 Å². The molecule has 134 valence electrons. The van der Waals surface area contributed by atoms with Gasteiger partial charge in [-0.05, 0) is 31.0 Å². The average molecular weight is 359 g/mol. The number of anilines is 1. The zero-order valence-electron chi connectivity index (χ0n) is 14.6. The Morgan fingerprint density at radius 1 is 1.19 bits per heavy atom. The number of hydrogen-bond acceptors (Lipinski definition) is 7. The minimum Gasteiger partial charge on any atom is -0.350 e. The Bertz CT molecular complexity index is 1020. The highest BCUT2D eigenvalue weighted by Gasteiger charge is 2.27. The van der Waals surface area contributed by atoms with E-state index in [9.17, 15) is 4.79 Å². The molecule has 8 nitrogen and oxygen atoms in total. The van der Waals surface area contributed by atoms with Gasteiger partial charge in [-0.1, -0.05) is 0 Å². The first kappa shape index (κ1) is 16.8. The molecule has 0 aliphatic carbocycles. The van der Waals surface area contributed by atoms with Crippen LogP contribution in [0, 0.1) is 11.3 Å². The Morgan fingerprint density at radius 2 is 2.11 bits per heavy atom. The van der Waals surface area contributed by atoms with Gasteiger partial charge in [-0.3, -0.25) is 9.78 Å². The van der Waals surface area contributed by atoms with Crippen molar-refractivity contribution in [2.75, 3.05) is 11.4 Å². The molecule has 0 spiro atoms. The molecule has 0 radical (unpaired) electrons. The van der Waals surface area contributed by atoms with Crippen LogP contribution in [-0.2, 0) is 6.54 Å². The van der Waals surface area contributed by atoms with Crippen molar-refractivity contribution in [2.45, 2.75) is 25.4 Å². The molecule has 0 amide bonds. The van der Waals surface area contributed by atoms with Crippen LogP contribution in [0.3, 0.4) is 0 Å². The molecule has 1 atom stereocenters. The van der Waals surface area contributed by atoms with E-state index < -0.39 is 0 Å². The highest BCUT2D eigenvalue weighted by Crippen LogP contribution is 2.24. The molecule has 3 aromatic rings. The number of rotatable bonds is 4. The summed E-state index contributed by atoms with van der Waals surface area (Å²) in [6, 6.07) is 9.08. The summed E-state index contributed by atoms with van der Waals surface area (Å²) >= 11 is 0. The van der Waals surface area contributed by atoms with Gasteiger partial charge in [0.25, 0.3) is 5.56 Å². The van der Waals surface area contributed by atoms with E-state index in [1.54, 1.807) is 24.7 Å². The molecule has 1 fully saturated rings. The smallest absolute Gasteiger partial charge is 0.266 e. The minimum absolute atomic E-state index is 0.0987. The van der Waals surface area contributed by atoms with Gasteiger partial charge in [-0.25, -0.2) is 14.6 Å². The maximum absolute atomic E-state index is 12.3. The van der Waals surface area contributed by atoms with Crippen molar-refractivity contribution >= 4 is 5.82 Å². The van der Waals surface area contributed by atoms with Crippen LogP contribution in [0.4, 0.5) is 5.82 Å². The van der Waals surface area contributed by atoms with Gasteiger partial charge in [0, 0.05) is 30.6 Å². The van der Waals surface area contributed by atoms with Gasteiger partial charge >= 0.3 is 0 Å². The predicted octanol–water partition coefficient (Wildman–Crippen LogP) is 1.64. The molecule has 0 saturated carbocycles. The number of nitriles is 1. The fourth-order valence-electron chi connectivity index (χ4n) is 3.30. The lowest BCUT2D eigenvalue weighted by Gasteiger charge is -2.25. The number of aromatic nitrogens is 5. The van der Waals surface area contributed by atoms with E-state index in [-0.39, 0.29) is 17.3 Å². The van der Waals surface area contributed by atoms with Crippen LogP contribution in [0.25, 0.3) is 11.3 Å². The Balaban J connectivity index is 1.59. The van der Waals surface area contributed by atoms with Gasteiger partial charge < -0.3 is 4.90 Å². The molecule has 1 aliphatic heterocycles. The summed E-state index contributed by atoms with van der Waals surface area (Å²) in [7, 11) is 0. The molecular weight excluding hydrogens is 342 g/mol. The molecule has 0 N–H and O–H groups in total. The Morgan fingerprint density at radius 3 is 2.85 bits per heavy atom. The summed E-state index contributed by atoms with van der Waals surface area (Å²) in [6.07, 6.45) is 8.45. The largest absolute Gasteiger partial charge is 0.350 e. The van der Waals surface area contributed by atoms with Crippen molar-refractivity contribution in [3.05, 3.63) is 65.1 Å². The zero-order valence-corrected chi connectivity index (χ0v) is 14.6. The first-order chi connectivity index (χ1) is 13.2. The third kappa shape index (κ3) is 3.53. The summed E-state index contributed by atoms with van der Waals surface area (Å²) in [5, 5.41) is 13.4. The van der Waals surface area contributed by atoms with Crippen molar-refractivity contribution in [2.24, 2.45) is 0 Å². The van der Waals surface area contributed by atoms with E-state index in [0.717, 1.165) is 24.9 Å². The number of hydrogen-bond donors (Lipinski definition) is 0. The molecule has 0 bridgehead atoms. The first-order valence-electron chi connectivity index (χ1n) is 8.72. The molecular formula is C19H17N7O. The van der Waals surface area contributed by atoms with Gasteiger partial charge in [0.15, 0.2) is 5.69 Å². The lowest BCUT2D eigenvalue weighted by molar-refractivity contribution is 0.488. The Hall–Kier alpha value is -3.60. The molecule has 0 aromatic carbocycles. The molecule has 3 aromatic heterocycles. The Kier molecular flexibility index (Phi) is 4.58. The van der Waals surface area contributed by atoms with E-state index in [1.165, 1.54) is 16.9 Å². The van der Waals surface area contributed by atoms with Crippen molar-refractivity contribution in [3.63, 3.8) is 0 Å². The topological polar surface area (TPSA) is 101 Å². The van der Waals surface area contributed by atoms with E-state index in [4.69, 9.17) is 5.26 Å². The molecule has 1 saturated heterocycles. The molecule has 8 heteroatoms. The van der Waals surface area contributed by atoms with Gasteiger partial charge in [0.05, 0.1) is 30.7 Å².